The van der Waals surface area contributed by atoms with Crippen LogP contribution in [0.2, 0.25) is 5.02 Å². The van der Waals surface area contributed by atoms with Crippen molar-refractivity contribution in [2.45, 2.75) is 50.7 Å². The molecule has 44 heavy (non-hydrogen) atoms. The number of amides is 2. The number of carbonyl (C=O) groups excluding carboxylic acids is 2. The second kappa shape index (κ2) is 15.1. The van der Waals surface area contributed by atoms with Gasteiger partial charge in [-0.1, -0.05) is 30.7 Å². The van der Waals surface area contributed by atoms with Crippen molar-refractivity contribution in [3.8, 4) is 17.2 Å². The quantitative estimate of drug-likeness (QED) is 0.261. The van der Waals surface area contributed by atoms with Crippen LogP contribution >= 0.6 is 11.6 Å². The van der Waals surface area contributed by atoms with Gasteiger partial charge in [0.25, 0.3) is 10.0 Å². The molecule has 3 aromatic carbocycles. The SMILES string of the molecule is CC[C@@H](C)NC(=O)[C@H](C)N(Cc1ccc(F)cc1)C(=O)CN(c1cc(Cl)ccc1OC)S(=O)(=O)c1ccc(OC)c(OC)c1. The maximum absolute atomic E-state index is 14.3. The van der Waals surface area contributed by atoms with Crippen molar-refractivity contribution in [1.29, 1.82) is 0 Å². The van der Waals surface area contributed by atoms with E-state index < -0.39 is 40.2 Å². The summed E-state index contributed by atoms with van der Waals surface area (Å²) in [6, 6.07) is 12.7. The van der Waals surface area contributed by atoms with Crippen molar-refractivity contribution in [2.24, 2.45) is 0 Å². The Morgan fingerprint density at radius 3 is 2.11 bits per heavy atom. The van der Waals surface area contributed by atoms with Crippen LogP contribution in [-0.2, 0) is 26.2 Å². The van der Waals surface area contributed by atoms with Gasteiger partial charge in [-0.15, -0.1) is 0 Å². The number of benzene rings is 3. The van der Waals surface area contributed by atoms with E-state index in [-0.39, 0.29) is 39.7 Å². The smallest absolute Gasteiger partial charge is 0.265 e. The number of hydrogen-bond donors (Lipinski definition) is 1. The Hall–Kier alpha value is -4.03. The van der Waals surface area contributed by atoms with Crippen LogP contribution < -0.4 is 23.8 Å². The first-order valence-corrected chi connectivity index (χ1v) is 15.6. The molecule has 1 N–H and O–H groups in total. The Labute approximate surface area is 262 Å². The summed E-state index contributed by atoms with van der Waals surface area (Å²) in [4.78, 5) is 28.4. The van der Waals surface area contributed by atoms with E-state index in [9.17, 15) is 22.4 Å². The van der Waals surface area contributed by atoms with Gasteiger partial charge in [0.05, 0.1) is 31.9 Å². The first-order valence-electron chi connectivity index (χ1n) is 13.8. The highest BCUT2D eigenvalue weighted by Gasteiger charge is 2.34. The van der Waals surface area contributed by atoms with E-state index in [2.05, 4.69) is 5.32 Å². The van der Waals surface area contributed by atoms with Gasteiger partial charge in [0.2, 0.25) is 11.8 Å². The lowest BCUT2D eigenvalue weighted by Gasteiger charge is -2.33. The zero-order chi connectivity index (χ0) is 32.6. The highest BCUT2D eigenvalue weighted by Crippen LogP contribution is 2.37. The Balaban J connectivity index is 2.14. The van der Waals surface area contributed by atoms with E-state index in [1.165, 1.54) is 86.9 Å². The third kappa shape index (κ3) is 8.11. The van der Waals surface area contributed by atoms with Crippen LogP contribution in [0.4, 0.5) is 10.1 Å². The van der Waals surface area contributed by atoms with Gasteiger partial charge in [-0.05, 0) is 68.3 Å². The summed E-state index contributed by atoms with van der Waals surface area (Å²) in [5, 5.41) is 3.06. The van der Waals surface area contributed by atoms with Crippen LogP contribution in [0, 0.1) is 5.82 Å². The average molecular weight is 650 g/mol. The van der Waals surface area contributed by atoms with Gasteiger partial charge < -0.3 is 24.4 Å². The van der Waals surface area contributed by atoms with Gasteiger partial charge in [0, 0.05) is 23.7 Å². The molecule has 3 aromatic rings. The van der Waals surface area contributed by atoms with Crippen molar-refractivity contribution < 1.29 is 36.6 Å². The normalized spacial score (nSPS) is 12.5. The van der Waals surface area contributed by atoms with Crippen LogP contribution in [0.1, 0.15) is 32.8 Å². The fraction of sp³-hybridized carbons (Fsp3) is 0.355. The monoisotopic (exact) mass is 649 g/mol. The fourth-order valence-corrected chi connectivity index (χ4v) is 5.91. The summed E-state index contributed by atoms with van der Waals surface area (Å²) in [5.74, 6) is -0.989. The number of anilines is 1. The van der Waals surface area contributed by atoms with E-state index >= 15 is 0 Å². The lowest BCUT2D eigenvalue weighted by atomic mass is 10.1. The molecule has 0 aromatic heterocycles. The van der Waals surface area contributed by atoms with Crippen LogP contribution in [0.3, 0.4) is 0 Å². The number of halogens is 2. The predicted molar refractivity (Wildman–Crippen MR) is 166 cm³/mol. The van der Waals surface area contributed by atoms with Gasteiger partial charge in [-0.2, -0.15) is 0 Å². The van der Waals surface area contributed by atoms with E-state index in [0.29, 0.717) is 17.7 Å². The summed E-state index contributed by atoms with van der Waals surface area (Å²) in [6.45, 7) is 4.47. The van der Waals surface area contributed by atoms with Gasteiger partial charge in [-0.25, -0.2) is 12.8 Å². The molecular weight excluding hydrogens is 613 g/mol. The average Bonchev–Trinajstić information content (AvgIpc) is 3.02. The second-order valence-electron chi connectivity index (χ2n) is 9.99. The first kappa shape index (κ1) is 34.5. The van der Waals surface area contributed by atoms with Gasteiger partial charge in [0.1, 0.15) is 24.2 Å². The molecular formula is C31H37ClFN3O7S. The van der Waals surface area contributed by atoms with Crippen LogP contribution in [0.5, 0.6) is 17.2 Å². The molecule has 10 nitrogen and oxygen atoms in total. The zero-order valence-corrected chi connectivity index (χ0v) is 27.0. The maximum atomic E-state index is 14.3. The molecule has 0 saturated carbocycles. The van der Waals surface area contributed by atoms with Crippen LogP contribution in [0.15, 0.2) is 65.6 Å². The summed E-state index contributed by atoms with van der Waals surface area (Å²) in [7, 11) is -0.328. The molecule has 13 heteroatoms. The number of rotatable bonds is 14. The van der Waals surface area contributed by atoms with E-state index in [0.717, 1.165) is 4.31 Å². The predicted octanol–water partition coefficient (Wildman–Crippen LogP) is 5.03. The van der Waals surface area contributed by atoms with E-state index in [1.54, 1.807) is 6.92 Å². The molecule has 238 valence electrons. The van der Waals surface area contributed by atoms with Crippen molar-refractivity contribution in [3.63, 3.8) is 0 Å². The first-order chi connectivity index (χ1) is 20.9. The standard InChI is InChI=1S/C31H37ClFN3O7S/c1-7-20(2)34-31(38)21(3)35(18-22-8-11-24(33)12-9-22)30(37)19-36(26-16-23(32)10-14-27(26)41-4)44(39,40)25-13-15-28(42-5)29(17-25)43-6/h8-17,20-21H,7,18-19H2,1-6H3,(H,34,38)/t20-,21+/m1/s1. The molecule has 0 heterocycles. The number of ether oxygens (including phenoxy) is 3. The number of methoxy groups -OCH3 is 3. The van der Waals surface area contributed by atoms with Crippen LogP contribution in [0.25, 0.3) is 0 Å². The van der Waals surface area contributed by atoms with E-state index in [4.69, 9.17) is 25.8 Å². The van der Waals surface area contributed by atoms with Crippen molar-refractivity contribution in [1.82, 2.24) is 10.2 Å². The molecule has 2 amide bonds. The Morgan fingerprint density at radius 2 is 1.52 bits per heavy atom. The lowest BCUT2D eigenvalue weighted by Crippen LogP contribution is -2.52. The zero-order valence-electron chi connectivity index (χ0n) is 25.5. The summed E-state index contributed by atoms with van der Waals surface area (Å²) < 4.78 is 59.1. The molecule has 0 unspecified atom stereocenters. The Bertz CT molecular complexity index is 1570. The fourth-order valence-electron chi connectivity index (χ4n) is 4.31. The minimum Gasteiger partial charge on any atom is -0.495 e. The summed E-state index contributed by atoms with van der Waals surface area (Å²) in [5.41, 5.74) is 0.541. The molecule has 0 spiro atoms. The van der Waals surface area contributed by atoms with E-state index in [1.807, 2.05) is 13.8 Å². The van der Waals surface area contributed by atoms with Gasteiger partial charge in [0.15, 0.2) is 11.5 Å². The number of carbonyl (C=O) groups is 2. The molecule has 0 fully saturated rings. The van der Waals surface area contributed by atoms with Crippen molar-refractivity contribution in [3.05, 3.63) is 77.1 Å². The number of nitrogens with one attached hydrogen (secondary N) is 1. The number of nitrogens with zero attached hydrogens (tertiary/aromatic N) is 2. The highest BCUT2D eigenvalue weighted by atomic mass is 35.5. The minimum absolute atomic E-state index is 0.00146. The molecule has 0 bridgehead atoms. The van der Waals surface area contributed by atoms with Crippen molar-refractivity contribution >= 4 is 39.1 Å². The topological polar surface area (TPSA) is 114 Å². The Morgan fingerprint density at radius 1 is 0.909 bits per heavy atom. The highest BCUT2D eigenvalue weighted by molar-refractivity contribution is 7.92. The molecule has 0 aliphatic heterocycles. The molecule has 3 rings (SSSR count). The van der Waals surface area contributed by atoms with Crippen LogP contribution in [-0.4, -0.2) is 65.1 Å². The van der Waals surface area contributed by atoms with Gasteiger partial charge in [-0.3, -0.25) is 13.9 Å². The number of sulfonamides is 1. The summed E-state index contributed by atoms with van der Waals surface area (Å²) >= 11 is 6.28. The largest absolute Gasteiger partial charge is 0.495 e. The Kier molecular flexibility index (Phi) is 11.8. The third-order valence-electron chi connectivity index (χ3n) is 7.07. The third-order valence-corrected chi connectivity index (χ3v) is 9.06. The van der Waals surface area contributed by atoms with Crippen molar-refractivity contribution in [2.75, 3.05) is 32.2 Å². The lowest BCUT2D eigenvalue weighted by molar-refractivity contribution is -0.139. The second-order valence-corrected chi connectivity index (χ2v) is 12.3. The molecule has 0 radical (unpaired) electrons. The van der Waals surface area contributed by atoms with Gasteiger partial charge >= 0.3 is 0 Å². The molecule has 0 saturated heterocycles. The summed E-state index contributed by atoms with van der Waals surface area (Å²) in [6.07, 6.45) is 0.663. The molecule has 0 aliphatic carbocycles. The molecule has 0 aliphatic rings. The number of hydrogen-bond acceptors (Lipinski definition) is 7. The minimum atomic E-state index is -4.48. The molecule has 2 atom stereocenters. The maximum Gasteiger partial charge on any atom is 0.265 e.